The van der Waals surface area contributed by atoms with Crippen molar-refractivity contribution in [3.05, 3.63) is 118 Å². The summed E-state index contributed by atoms with van der Waals surface area (Å²) in [6.45, 7) is 13.6. The standard InChI is InChI=1S/C45H56N4O7S3Si/c1-44(2,3)60(5,6)56-36(32-17-20-35(50)41-33(32)18-21-40(51)47-41)28-46-27-29-12-19-34-37(26-29)59-43(53)49(34)23-9-22-48(4)30-13-15-31(16-14-30)55-42(52)45(54,38-10-7-24-57-38)39-11-8-25-58-39/h7-8,10-12,17-21,24-26,30-31,36,46,50,54H,9,13-16,22-23,27-28H2,1-6H3,(H,47,51)/t30?,31?,36-/m0/s1. The number of nitrogens with zero attached hydrogens (tertiary/aromatic N) is 2. The molecule has 4 aromatic heterocycles. The molecule has 0 saturated heterocycles. The molecule has 1 fully saturated rings. The number of nitrogens with one attached hydrogen (secondary N) is 2. The van der Waals surface area contributed by atoms with E-state index in [0.717, 1.165) is 65.4 Å². The zero-order valence-corrected chi connectivity index (χ0v) is 38.6. The van der Waals surface area contributed by atoms with E-state index in [9.17, 15) is 24.6 Å². The lowest BCUT2D eigenvalue weighted by Crippen LogP contribution is -2.43. The number of aliphatic hydroxyl groups is 1. The third-order valence-electron chi connectivity index (χ3n) is 12.4. The number of hydrogen-bond acceptors (Lipinski definition) is 12. The number of pyridine rings is 1. The Hall–Kier alpha value is -3.93. The van der Waals surface area contributed by atoms with Crippen molar-refractivity contribution >= 4 is 69.4 Å². The molecule has 1 saturated carbocycles. The first-order valence-corrected chi connectivity index (χ1v) is 26.1. The molecule has 0 amide bonds. The summed E-state index contributed by atoms with van der Waals surface area (Å²) in [5, 5.41) is 30.2. The third-order valence-corrected chi connectivity index (χ3v) is 19.8. The number of aromatic nitrogens is 2. The molecule has 4 heterocycles. The lowest BCUT2D eigenvalue weighted by molar-refractivity contribution is -0.169. The van der Waals surface area contributed by atoms with Crippen LogP contribution < -0.4 is 15.7 Å². The number of hydrogen-bond donors (Lipinski definition) is 4. The number of phenolic OH excluding ortho intramolecular Hbond substituents is 1. The van der Waals surface area contributed by atoms with Gasteiger partial charge in [0.05, 0.1) is 31.6 Å². The second kappa shape index (κ2) is 18.2. The molecule has 0 radical (unpaired) electrons. The Morgan fingerprint density at radius 1 is 1.00 bits per heavy atom. The van der Waals surface area contributed by atoms with Crippen LogP contribution >= 0.6 is 34.0 Å². The van der Waals surface area contributed by atoms with Gasteiger partial charge in [-0.15, -0.1) is 22.7 Å². The van der Waals surface area contributed by atoms with Gasteiger partial charge < -0.3 is 34.6 Å². The Balaban J connectivity index is 0.930. The molecular formula is C45H56N4O7S3Si. The van der Waals surface area contributed by atoms with Crippen LogP contribution in [0.5, 0.6) is 5.75 Å². The summed E-state index contributed by atoms with van der Waals surface area (Å²) in [6, 6.07) is 20.5. The number of aromatic hydroxyl groups is 1. The van der Waals surface area contributed by atoms with Gasteiger partial charge in [-0.05, 0) is 122 Å². The molecule has 60 heavy (non-hydrogen) atoms. The van der Waals surface area contributed by atoms with Crippen molar-refractivity contribution in [3.8, 4) is 5.75 Å². The number of esters is 1. The molecule has 2 aromatic carbocycles. The second-order valence-corrected chi connectivity index (χ2v) is 25.1. The first kappa shape index (κ1) is 44.1. The van der Waals surface area contributed by atoms with Gasteiger partial charge in [0.2, 0.25) is 11.2 Å². The maximum atomic E-state index is 13.5. The van der Waals surface area contributed by atoms with Crippen LogP contribution in [0.4, 0.5) is 0 Å². The van der Waals surface area contributed by atoms with E-state index in [1.54, 1.807) is 24.3 Å². The van der Waals surface area contributed by atoms with Gasteiger partial charge in [0.25, 0.3) is 0 Å². The number of benzene rings is 2. The predicted octanol–water partition coefficient (Wildman–Crippen LogP) is 8.70. The highest BCUT2D eigenvalue weighted by Crippen LogP contribution is 2.42. The average Bonchev–Trinajstić information content (AvgIpc) is 4.01. The molecule has 1 aliphatic rings. The summed E-state index contributed by atoms with van der Waals surface area (Å²) in [5.41, 5.74) is 1.23. The van der Waals surface area contributed by atoms with Crippen LogP contribution in [-0.4, -0.2) is 71.2 Å². The largest absolute Gasteiger partial charge is 0.506 e. The van der Waals surface area contributed by atoms with E-state index in [0.29, 0.717) is 40.9 Å². The number of carbonyl (C=O) groups is 1. The van der Waals surface area contributed by atoms with Crippen molar-refractivity contribution < 1.29 is 24.2 Å². The maximum absolute atomic E-state index is 13.5. The Labute approximate surface area is 363 Å². The molecule has 0 unspecified atom stereocenters. The summed E-state index contributed by atoms with van der Waals surface area (Å²) < 4.78 is 15.8. The molecule has 1 aliphatic carbocycles. The first-order chi connectivity index (χ1) is 28.5. The smallest absolute Gasteiger partial charge is 0.349 e. The fourth-order valence-electron chi connectivity index (χ4n) is 7.86. The van der Waals surface area contributed by atoms with Gasteiger partial charge in [-0.25, -0.2) is 4.79 Å². The van der Waals surface area contributed by atoms with Crippen LogP contribution in [0.2, 0.25) is 18.1 Å². The molecule has 11 nitrogen and oxygen atoms in total. The van der Waals surface area contributed by atoms with E-state index in [2.05, 4.69) is 68.2 Å². The Bertz CT molecular complexity index is 2480. The van der Waals surface area contributed by atoms with Gasteiger partial charge in [-0.3, -0.25) is 14.2 Å². The Morgan fingerprint density at radius 2 is 1.70 bits per heavy atom. The SMILES string of the molecule is CN(CCCn1c(=O)sc2cc(CNC[C@H](O[Si](C)(C)C(C)(C)C)c3ccc(O)c4[nH]c(=O)ccc34)ccc21)C1CCC(OC(=O)C(O)(c2cccs2)c2cccs2)CC1. The van der Waals surface area contributed by atoms with Crippen LogP contribution in [0, 0.1) is 0 Å². The maximum Gasteiger partial charge on any atom is 0.349 e. The second-order valence-electron chi connectivity index (χ2n) is 17.4. The van der Waals surface area contributed by atoms with Crippen LogP contribution in [-0.2, 0) is 32.6 Å². The molecule has 6 aromatic rings. The zero-order valence-electron chi connectivity index (χ0n) is 35.2. The highest BCUT2D eigenvalue weighted by Gasteiger charge is 2.45. The number of carbonyl (C=O) groups excluding carboxylic acids is 1. The molecule has 7 rings (SSSR count). The molecule has 1 atom stereocenters. The van der Waals surface area contributed by atoms with Crippen molar-refractivity contribution in [3.63, 3.8) is 0 Å². The number of aryl methyl sites for hydroxylation is 1. The van der Waals surface area contributed by atoms with E-state index in [-0.39, 0.29) is 33.4 Å². The highest BCUT2D eigenvalue weighted by atomic mass is 32.1. The van der Waals surface area contributed by atoms with Gasteiger partial charge in [0.15, 0.2) is 8.32 Å². The summed E-state index contributed by atoms with van der Waals surface area (Å²) >= 11 is 3.97. The number of phenols is 1. The van der Waals surface area contributed by atoms with Crippen LogP contribution in [0.3, 0.4) is 0 Å². The van der Waals surface area contributed by atoms with Crippen molar-refractivity contribution in [2.75, 3.05) is 20.1 Å². The summed E-state index contributed by atoms with van der Waals surface area (Å²) in [4.78, 5) is 45.1. The molecule has 15 heteroatoms. The first-order valence-electron chi connectivity index (χ1n) is 20.6. The van der Waals surface area contributed by atoms with Crippen LogP contribution in [0.15, 0.2) is 87.1 Å². The van der Waals surface area contributed by atoms with E-state index in [1.165, 1.54) is 40.1 Å². The van der Waals surface area contributed by atoms with Crippen molar-refractivity contribution in [2.45, 2.75) is 108 Å². The summed E-state index contributed by atoms with van der Waals surface area (Å²) in [7, 11) is -0.0981. The molecule has 0 aliphatic heterocycles. The number of fused-ring (bicyclic) bond motifs is 2. The van der Waals surface area contributed by atoms with Crippen molar-refractivity contribution in [2.24, 2.45) is 0 Å². The van der Waals surface area contributed by atoms with Crippen LogP contribution in [0.25, 0.3) is 21.1 Å². The minimum atomic E-state index is -2.23. The van der Waals surface area contributed by atoms with E-state index in [1.807, 2.05) is 39.6 Å². The fourth-order valence-corrected chi connectivity index (χ4v) is 11.8. The zero-order chi connectivity index (χ0) is 42.8. The molecule has 4 N–H and O–H groups in total. The summed E-state index contributed by atoms with van der Waals surface area (Å²) in [6.07, 6.45) is 3.50. The van der Waals surface area contributed by atoms with Gasteiger partial charge >= 0.3 is 10.8 Å². The van der Waals surface area contributed by atoms with Gasteiger partial charge in [0.1, 0.15) is 11.9 Å². The minimum absolute atomic E-state index is 0.0204. The number of H-pyrrole nitrogens is 1. The van der Waals surface area contributed by atoms with E-state index in [4.69, 9.17) is 9.16 Å². The van der Waals surface area contributed by atoms with Gasteiger partial charge in [-0.2, -0.15) is 0 Å². The molecular weight excluding hydrogens is 833 g/mol. The predicted molar refractivity (Wildman–Crippen MR) is 246 cm³/mol. The van der Waals surface area contributed by atoms with Crippen molar-refractivity contribution in [1.82, 2.24) is 19.8 Å². The molecule has 0 bridgehead atoms. The Kier molecular flexibility index (Phi) is 13.4. The van der Waals surface area contributed by atoms with Crippen molar-refractivity contribution in [1.29, 1.82) is 0 Å². The van der Waals surface area contributed by atoms with Gasteiger partial charge in [-0.1, -0.05) is 56.4 Å². The fraction of sp³-hybridized carbons (Fsp3) is 0.444. The monoisotopic (exact) mass is 888 g/mol. The average molecular weight is 889 g/mol. The normalized spacial score (nSPS) is 17.1. The number of thiophene rings is 2. The lowest BCUT2D eigenvalue weighted by atomic mass is 9.91. The van der Waals surface area contributed by atoms with E-state index < -0.39 is 19.9 Å². The third kappa shape index (κ3) is 9.43. The Morgan fingerprint density at radius 3 is 2.35 bits per heavy atom. The highest BCUT2D eigenvalue weighted by molar-refractivity contribution is 7.16. The number of ether oxygens (including phenoxy) is 1. The van der Waals surface area contributed by atoms with Gasteiger partial charge in [0, 0.05) is 37.1 Å². The number of thiazole rings is 1. The summed E-state index contributed by atoms with van der Waals surface area (Å²) in [5.74, 6) is -0.590. The molecule has 320 valence electrons. The van der Waals surface area contributed by atoms with E-state index >= 15 is 0 Å². The number of rotatable bonds is 16. The quantitative estimate of drug-likeness (QED) is 0.0554. The lowest BCUT2D eigenvalue weighted by Gasteiger charge is -2.39. The topological polar surface area (TPSA) is 146 Å². The minimum Gasteiger partial charge on any atom is -0.506 e. The molecule has 0 spiro atoms. The number of aromatic amines is 1. The van der Waals surface area contributed by atoms with Crippen LogP contribution in [0.1, 0.15) is 79.9 Å².